The van der Waals surface area contributed by atoms with Crippen LogP contribution < -0.4 is 5.73 Å². The number of aromatic nitrogens is 1. The summed E-state index contributed by atoms with van der Waals surface area (Å²) in [7, 11) is 0. The summed E-state index contributed by atoms with van der Waals surface area (Å²) in [4.78, 5) is 17.9. The van der Waals surface area contributed by atoms with Gasteiger partial charge in [-0.2, -0.15) is 4.99 Å². The van der Waals surface area contributed by atoms with Crippen LogP contribution in [0.5, 0.6) is 0 Å². The minimum absolute atomic E-state index is 0.0868. The van der Waals surface area contributed by atoms with E-state index in [0.29, 0.717) is 22.4 Å². The molecule has 8 heteroatoms. The zero-order valence-corrected chi connectivity index (χ0v) is 18.5. The van der Waals surface area contributed by atoms with Crippen LogP contribution in [0.3, 0.4) is 0 Å². The number of aliphatic carboxylic acids is 1. The van der Waals surface area contributed by atoms with Crippen molar-refractivity contribution in [1.29, 1.82) is 0 Å². The molecule has 0 spiro atoms. The van der Waals surface area contributed by atoms with Gasteiger partial charge in [0.1, 0.15) is 5.82 Å². The molecule has 7 nitrogen and oxygen atoms in total. The second kappa shape index (κ2) is 9.85. The van der Waals surface area contributed by atoms with Crippen LogP contribution in [0, 0.1) is 5.82 Å². The molecule has 0 amide bonds. The highest BCUT2D eigenvalue weighted by molar-refractivity contribution is 5.82. The number of piperidine rings is 1. The molecule has 0 saturated carbocycles. The quantitative estimate of drug-likeness (QED) is 0.417. The van der Waals surface area contributed by atoms with Gasteiger partial charge in [0.2, 0.25) is 0 Å². The Bertz CT molecular complexity index is 1150. The van der Waals surface area contributed by atoms with E-state index in [0.717, 1.165) is 37.9 Å². The Morgan fingerprint density at radius 1 is 1.21 bits per heavy atom. The normalized spacial score (nSPS) is 15.5. The molecular weight excluding hydrogens is 423 g/mol. The fraction of sp³-hybridized carbons (Fsp3) is 0.320. The number of hydrogen-bond donors (Lipinski definition) is 2. The number of nitrogens with two attached hydrogens (primary N) is 1. The van der Waals surface area contributed by atoms with E-state index in [1.807, 2.05) is 48.2 Å². The topological polar surface area (TPSA) is 105 Å². The molecule has 1 unspecified atom stereocenters. The lowest BCUT2D eigenvalue weighted by molar-refractivity contribution is -0.136. The fourth-order valence-electron chi connectivity index (χ4n) is 4.17. The Morgan fingerprint density at radius 2 is 1.94 bits per heavy atom. The molecule has 1 aliphatic heterocycles. The van der Waals surface area contributed by atoms with Gasteiger partial charge in [0, 0.05) is 24.6 Å². The number of aliphatic imine (C=N–C) groups is 1. The molecular formula is C25H27FN4O3. The number of carboxylic acids is 1. The molecule has 1 fully saturated rings. The average Bonchev–Trinajstić information content (AvgIpc) is 3.20. The minimum atomic E-state index is -1.04. The predicted molar refractivity (Wildman–Crippen MR) is 124 cm³/mol. The zero-order valence-electron chi connectivity index (χ0n) is 18.5. The molecule has 33 heavy (non-hydrogen) atoms. The third-order valence-corrected chi connectivity index (χ3v) is 6.01. The number of carbonyl (C=O) groups is 1. The lowest BCUT2D eigenvalue weighted by Gasteiger charge is -2.27. The van der Waals surface area contributed by atoms with E-state index in [9.17, 15) is 14.3 Å². The van der Waals surface area contributed by atoms with Crippen LogP contribution in [-0.2, 0) is 11.2 Å². The largest absolute Gasteiger partial charge is 0.481 e. The van der Waals surface area contributed by atoms with Gasteiger partial charge in [-0.25, -0.2) is 4.39 Å². The standard InChI is InChI=1S/C25H27FN4O3/c1-16(18-10-11-19(21(26)14-18)17-8-4-2-5-9-17)23-20(15-22(31)32)24(33-29-23)28-25(27)30-12-6-3-7-13-30/h2,4-5,8-11,14,16H,3,6-7,12-13,15H2,1H3,(H2,27,28)(H,31,32). The van der Waals surface area contributed by atoms with E-state index in [4.69, 9.17) is 10.3 Å². The number of carboxylic acid groups (broad SMARTS) is 1. The number of hydrogen-bond acceptors (Lipinski definition) is 4. The van der Waals surface area contributed by atoms with Crippen molar-refractivity contribution in [2.45, 2.75) is 38.5 Å². The smallest absolute Gasteiger partial charge is 0.308 e. The van der Waals surface area contributed by atoms with Crippen molar-refractivity contribution in [3.05, 3.63) is 71.2 Å². The first-order valence-electron chi connectivity index (χ1n) is 11.1. The van der Waals surface area contributed by atoms with Gasteiger partial charge >= 0.3 is 5.97 Å². The second-order valence-corrected chi connectivity index (χ2v) is 8.27. The molecule has 1 aliphatic rings. The van der Waals surface area contributed by atoms with Crippen molar-refractivity contribution in [1.82, 2.24) is 10.1 Å². The average molecular weight is 451 g/mol. The van der Waals surface area contributed by atoms with Crippen molar-refractivity contribution in [2.75, 3.05) is 13.1 Å². The van der Waals surface area contributed by atoms with Gasteiger partial charge in [-0.3, -0.25) is 4.79 Å². The van der Waals surface area contributed by atoms with Crippen LogP contribution in [0.4, 0.5) is 10.3 Å². The van der Waals surface area contributed by atoms with Crippen LogP contribution in [-0.4, -0.2) is 40.2 Å². The fourth-order valence-corrected chi connectivity index (χ4v) is 4.17. The second-order valence-electron chi connectivity index (χ2n) is 8.27. The van der Waals surface area contributed by atoms with Crippen molar-refractivity contribution >= 4 is 17.8 Å². The summed E-state index contributed by atoms with van der Waals surface area (Å²) in [5, 5.41) is 13.6. The Balaban J connectivity index is 1.65. The summed E-state index contributed by atoms with van der Waals surface area (Å²) in [5.41, 5.74) is 8.86. The van der Waals surface area contributed by atoms with Crippen LogP contribution in [0.15, 0.2) is 58.0 Å². The zero-order chi connectivity index (χ0) is 23.4. The third-order valence-electron chi connectivity index (χ3n) is 6.01. The molecule has 3 N–H and O–H groups in total. The Labute approximate surface area is 191 Å². The van der Waals surface area contributed by atoms with Crippen LogP contribution in [0.1, 0.15) is 48.9 Å². The van der Waals surface area contributed by atoms with E-state index >= 15 is 0 Å². The predicted octanol–water partition coefficient (Wildman–Crippen LogP) is 4.69. The van der Waals surface area contributed by atoms with Crippen LogP contribution >= 0.6 is 0 Å². The summed E-state index contributed by atoms with van der Waals surface area (Å²) in [5.74, 6) is -1.42. The summed E-state index contributed by atoms with van der Waals surface area (Å²) in [6, 6.07) is 14.3. The SMILES string of the molecule is CC(c1ccc(-c2ccccc2)c(F)c1)c1noc(N=C(N)N2CCCCC2)c1CC(=O)O. The van der Waals surface area contributed by atoms with Crippen LogP contribution in [0.2, 0.25) is 0 Å². The van der Waals surface area contributed by atoms with E-state index in [2.05, 4.69) is 10.1 Å². The molecule has 1 aromatic heterocycles. The highest BCUT2D eigenvalue weighted by Gasteiger charge is 2.25. The highest BCUT2D eigenvalue weighted by atomic mass is 19.1. The van der Waals surface area contributed by atoms with Crippen LogP contribution in [0.25, 0.3) is 11.1 Å². The number of likely N-dealkylation sites (tertiary alicyclic amines) is 1. The lowest BCUT2D eigenvalue weighted by atomic mass is 9.92. The Hall–Kier alpha value is -3.68. The first-order chi connectivity index (χ1) is 15.9. The number of halogens is 1. The third kappa shape index (κ3) is 5.05. The monoisotopic (exact) mass is 450 g/mol. The maximum atomic E-state index is 14.9. The molecule has 1 saturated heterocycles. The molecule has 172 valence electrons. The van der Waals surface area contributed by atoms with E-state index < -0.39 is 11.9 Å². The van der Waals surface area contributed by atoms with E-state index in [-0.39, 0.29) is 24.1 Å². The van der Waals surface area contributed by atoms with Crippen molar-refractivity contribution in [3.63, 3.8) is 0 Å². The first-order valence-corrected chi connectivity index (χ1v) is 11.1. The maximum Gasteiger partial charge on any atom is 0.308 e. The number of guanidine groups is 1. The number of benzene rings is 2. The van der Waals surface area contributed by atoms with Gasteiger partial charge in [0.15, 0.2) is 5.96 Å². The van der Waals surface area contributed by atoms with Crippen molar-refractivity contribution < 1.29 is 18.8 Å². The van der Waals surface area contributed by atoms with Gasteiger partial charge in [0.05, 0.1) is 17.7 Å². The summed E-state index contributed by atoms with van der Waals surface area (Å²) >= 11 is 0. The van der Waals surface area contributed by atoms with Gasteiger partial charge in [-0.05, 0) is 36.5 Å². The van der Waals surface area contributed by atoms with Gasteiger partial charge in [0.25, 0.3) is 5.88 Å². The molecule has 4 rings (SSSR count). The van der Waals surface area contributed by atoms with Gasteiger partial charge < -0.3 is 20.3 Å². The first kappa shape index (κ1) is 22.5. The molecule has 2 heterocycles. The van der Waals surface area contributed by atoms with E-state index in [1.54, 1.807) is 6.07 Å². The molecule has 2 aromatic carbocycles. The Kier molecular flexibility index (Phi) is 6.72. The van der Waals surface area contributed by atoms with Gasteiger partial charge in [-0.1, -0.05) is 54.5 Å². The molecule has 0 aliphatic carbocycles. The van der Waals surface area contributed by atoms with E-state index in [1.165, 1.54) is 6.07 Å². The summed E-state index contributed by atoms with van der Waals surface area (Å²) in [6.45, 7) is 3.43. The Morgan fingerprint density at radius 3 is 2.61 bits per heavy atom. The minimum Gasteiger partial charge on any atom is -0.481 e. The lowest BCUT2D eigenvalue weighted by Crippen LogP contribution is -2.40. The molecule has 0 radical (unpaired) electrons. The summed E-state index contributed by atoms with van der Waals surface area (Å²) in [6.07, 6.45) is 2.89. The van der Waals surface area contributed by atoms with Gasteiger partial charge in [-0.15, -0.1) is 0 Å². The van der Waals surface area contributed by atoms with Crippen molar-refractivity contribution in [3.8, 4) is 11.1 Å². The molecule has 3 aromatic rings. The number of rotatable bonds is 6. The molecule has 0 bridgehead atoms. The highest BCUT2D eigenvalue weighted by Crippen LogP contribution is 2.34. The maximum absolute atomic E-state index is 14.9. The number of nitrogens with zero attached hydrogens (tertiary/aromatic N) is 3. The van der Waals surface area contributed by atoms with Crippen molar-refractivity contribution in [2.24, 2.45) is 10.7 Å². The molecule has 1 atom stereocenters. The summed E-state index contributed by atoms with van der Waals surface area (Å²) < 4.78 is 20.3.